The van der Waals surface area contributed by atoms with Crippen LogP contribution in [0.4, 0.5) is 8.78 Å². The molecule has 1 aromatic heterocycles. The molecule has 0 unspecified atom stereocenters. The number of hydrogen-bond acceptors (Lipinski definition) is 3. The molecule has 0 atom stereocenters. The lowest BCUT2D eigenvalue weighted by molar-refractivity contribution is 0.0695. The molecular formula is C12H8F2N2O3. The first-order valence-corrected chi connectivity index (χ1v) is 5.52. The zero-order chi connectivity index (χ0) is 13.7. The standard InChI is InChI=1S/C12H8F2N2O3/c13-8-3-6-10(4-9(8)14)16(15-1-2-15)5-7(11(6)17)12(18)19/h3-5H,1-2H2,(H,18,19). The topological polar surface area (TPSA) is 62.3 Å². The van der Waals surface area contributed by atoms with E-state index in [0.29, 0.717) is 13.1 Å². The summed E-state index contributed by atoms with van der Waals surface area (Å²) < 4.78 is 27.9. The third-order valence-electron chi connectivity index (χ3n) is 2.98. The van der Waals surface area contributed by atoms with Crippen LogP contribution in [0.5, 0.6) is 0 Å². The lowest BCUT2D eigenvalue weighted by atomic mass is 10.1. The van der Waals surface area contributed by atoms with E-state index >= 15 is 0 Å². The molecule has 1 aliphatic rings. The van der Waals surface area contributed by atoms with Crippen molar-refractivity contribution in [3.05, 3.63) is 45.8 Å². The highest BCUT2D eigenvalue weighted by Crippen LogP contribution is 2.19. The smallest absolute Gasteiger partial charge is 0.341 e. The SMILES string of the molecule is O=C(O)c1cn(N2CC2)c2cc(F)c(F)cc2c1=O. The van der Waals surface area contributed by atoms with E-state index in [1.807, 2.05) is 0 Å². The van der Waals surface area contributed by atoms with Crippen LogP contribution >= 0.6 is 0 Å². The van der Waals surface area contributed by atoms with Gasteiger partial charge < -0.3 is 10.1 Å². The maximum atomic E-state index is 13.3. The first kappa shape index (κ1) is 11.6. The zero-order valence-electron chi connectivity index (χ0n) is 9.56. The predicted octanol–water partition coefficient (Wildman–Crippen LogP) is 0.930. The fourth-order valence-corrected chi connectivity index (χ4v) is 1.95. The molecule has 0 amide bonds. The second-order valence-corrected chi connectivity index (χ2v) is 4.26. The molecule has 98 valence electrons. The van der Waals surface area contributed by atoms with Crippen molar-refractivity contribution in [3.8, 4) is 0 Å². The van der Waals surface area contributed by atoms with Crippen molar-refractivity contribution in [2.45, 2.75) is 0 Å². The quantitative estimate of drug-likeness (QED) is 0.821. The number of pyridine rings is 1. The number of aromatic nitrogens is 1. The third kappa shape index (κ3) is 1.74. The summed E-state index contributed by atoms with van der Waals surface area (Å²) >= 11 is 0. The number of rotatable bonds is 2. The number of benzene rings is 1. The molecule has 1 fully saturated rings. The molecule has 7 heteroatoms. The molecule has 0 saturated carbocycles. The molecule has 0 spiro atoms. The van der Waals surface area contributed by atoms with Gasteiger partial charge in [-0.25, -0.2) is 13.6 Å². The van der Waals surface area contributed by atoms with E-state index in [-0.39, 0.29) is 10.9 Å². The first-order chi connectivity index (χ1) is 8.99. The van der Waals surface area contributed by atoms with Crippen molar-refractivity contribution in [1.82, 2.24) is 4.68 Å². The van der Waals surface area contributed by atoms with Crippen LogP contribution in [0.3, 0.4) is 0 Å². The molecule has 1 aliphatic heterocycles. The minimum Gasteiger partial charge on any atom is -0.477 e. The molecule has 19 heavy (non-hydrogen) atoms. The normalized spacial score (nSPS) is 13.9. The zero-order valence-corrected chi connectivity index (χ0v) is 9.56. The number of nitrogens with zero attached hydrogens (tertiary/aromatic N) is 2. The highest BCUT2D eigenvalue weighted by Gasteiger charge is 2.24. The van der Waals surface area contributed by atoms with Gasteiger partial charge in [0.1, 0.15) is 5.56 Å². The van der Waals surface area contributed by atoms with Crippen LogP contribution in [-0.4, -0.2) is 28.8 Å². The lowest BCUT2D eigenvalue weighted by Gasteiger charge is -2.13. The van der Waals surface area contributed by atoms with Crippen LogP contribution in [0.15, 0.2) is 23.1 Å². The fraction of sp³-hybridized carbons (Fsp3) is 0.167. The van der Waals surface area contributed by atoms with Crippen LogP contribution in [0.1, 0.15) is 10.4 Å². The van der Waals surface area contributed by atoms with E-state index in [1.165, 1.54) is 4.68 Å². The first-order valence-electron chi connectivity index (χ1n) is 5.52. The minimum atomic E-state index is -1.40. The molecule has 0 radical (unpaired) electrons. The van der Waals surface area contributed by atoms with Gasteiger partial charge >= 0.3 is 5.97 Å². The minimum absolute atomic E-state index is 0.147. The van der Waals surface area contributed by atoms with Gasteiger partial charge in [0.25, 0.3) is 0 Å². The van der Waals surface area contributed by atoms with Crippen LogP contribution in [0.2, 0.25) is 0 Å². The Hall–Kier alpha value is -2.44. The van der Waals surface area contributed by atoms with E-state index < -0.39 is 28.6 Å². The van der Waals surface area contributed by atoms with Crippen LogP contribution < -0.4 is 10.4 Å². The summed E-state index contributed by atoms with van der Waals surface area (Å²) in [4.78, 5) is 22.9. The Morgan fingerprint density at radius 2 is 1.84 bits per heavy atom. The van der Waals surface area contributed by atoms with E-state index in [0.717, 1.165) is 18.3 Å². The summed E-state index contributed by atoms with van der Waals surface area (Å²) in [5.74, 6) is -3.65. The van der Waals surface area contributed by atoms with E-state index in [4.69, 9.17) is 5.11 Å². The van der Waals surface area contributed by atoms with E-state index in [1.54, 1.807) is 5.01 Å². The maximum absolute atomic E-state index is 13.3. The molecule has 2 aromatic rings. The molecule has 1 N–H and O–H groups in total. The highest BCUT2D eigenvalue weighted by molar-refractivity contribution is 5.92. The van der Waals surface area contributed by atoms with Crippen molar-refractivity contribution in [2.75, 3.05) is 18.1 Å². The van der Waals surface area contributed by atoms with Gasteiger partial charge in [0.2, 0.25) is 5.43 Å². The van der Waals surface area contributed by atoms with Gasteiger partial charge in [0, 0.05) is 12.3 Å². The largest absolute Gasteiger partial charge is 0.477 e. The summed E-state index contributed by atoms with van der Waals surface area (Å²) in [7, 11) is 0. The van der Waals surface area contributed by atoms with Gasteiger partial charge in [-0.3, -0.25) is 9.47 Å². The molecule has 3 rings (SSSR count). The second kappa shape index (κ2) is 3.78. The van der Waals surface area contributed by atoms with E-state index in [9.17, 15) is 18.4 Å². The lowest BCUT2D eigenvalue weighted by Crippen LogP contribution is -2.23. The average Bonchev–Trinajstić information content (AvgIpc) is 3.16. The number of fused-ring (bicyclic) bond motifs is 1. The van der Waals surface area contributed by atoms with Crippen LogP contribution in [0, 0.1) is 11.6 Å². The molecule has 2 heterocycles. The van der Waals surface area contributed by atoms with Crippen LogP contribution in [0.25, 0.3) is 10.9 Å². The fourth-order valence-electron chi connectivity index (χ4n) is 1.95. The molecule has 1 saturated heterocycles. The molecule has 0 bridgehead atoms. The Morgan fingerprint density at radius 1 is 1.21 bits per heavy atom. The summed E-state index contributed by atoms with van der Waals surface area (Å²) in [6.45, 7) is 1.33. The molecule has 0 aliphatic carbocycles. The van der Waals surface area contributed by atoms with Crippen molar-refractivity contribution >= 4 is 16.9 Å². The van der Waals surface area contributed by atoms with Crippen molar-refractivity contribution in [2.24, 2.45) is 0 Å². The monoisotopic (exact) mass is 266 g/mol. The Bertz CT molecular complexity index is 766. The van der Waals surface area contributed by atoms with Crippen molar-refractivity contribution < 1.29 is 18.7 Å². The van der Waals surface area contributed by atoms with E-state index in [2.05, 4.69) is 0 Å². The number of carboxylic acid groups (broad SMARTS) is 1. The summed E-state index contributed by atoms with van der Waals surface area (Å²) in [6.07, 6.45) is 1.14. The number of carboxylic acids is 1. The van der Waals surface area contributed by atoms with Crippen molar-refractivity contribution in [1.29, 1.82) is 0 Å². The molecule has 1 aromatic carbocycles. The Balaban J connectivity index is 2.45. The van der Waals surface area contributed by atoms with Gasteiger partial charge in [-0.15, -0.1) is 0 Å². The average molecular weight is 266 g/mol. The second-order valence-electron chi connectivity index (χ2n) is 4.26. The summed E-state index contributed by atoms with van der Waals surface area (Å²) in [6, 6.07) is 1.63. The highest BCUT2D eigenvalue weighted by atomic mass is 19.2. The number of aromatic carboxylic acids is 1. The summed E-state index contributed by atoms with van der Waals surface area (Å²) in [5.41, 5.74) is -1.13. The Kier molecular flexibility index (Phi) is 2.31. The van der Waals surface area contributed by atoms with Crippen LogP contribution in [-0.2, 0) is 0 Å². The summed E-state index contributed by atoms with van der Waals surface area (Å²) in [5, 5.41) is 10.5. The Labute approximate surface area is 105 Å². The van der Waals surface area contributed by atoms with Gasteiger partial charge in [-0.2, -0.15) is 0 Å². The third-order valence-corrected chi connectivity index (χ3v) is 2.98. The molecular weight excluding hydrogens is 258 g/mol. The van der Waals surface area contributed by atoms with Gasteiger partial charge in [0.05, 0.1) is 24.0 Å². The Morgan fingerprint density at radius 3 is 2.42 bits per heavy atom. The van der Waals surface area contributed by atoms with Crippen molar-refractivity contribution in [3.63, 3.8) is 0 Å². The van der Waals surface area contributed by atoms with Gasteiger partial charge in [-0.05, 0) is 6.07 Å². The number of halogens is 2. The number of carbonyl (C=O) groups is 1. The predicted molar refractivity (Wildman–Crippen MR) is 63.0 cm³/mol. The van der Waals surface area contributed by atoms with Gasteiger partial charge in [0.15, 0.2) is 11.6 Å². The van der Waals surface area contributed by atoms with Gasteiger partial charge in [-0.1, -0.05) is 0 Å². The molecule has 5 nitrogen and oxygen atoms in total. The number of hydrogen-bond donors (Lipinski definition) is 1. The maximum Gasteiger partial charge on any atom is 0.341 e.